The van der Waals surface area contributed by atoms with Gasteiger partial charge in [-0.2, -0.15) is 0 Å². The lowest BCUT2D eigenvalue weighted by atomic mass is 9.98. The molecule has 0 spiro atoms. The Balaban J connectivity index is 2.39. The van der Waals surface area contributed by atoms with E-state index in [-0.39, 0.29) is 11.7 Å². The number of halogens is 1. The van der Waals surface area contributed by atoms with E-state index in [9.17, 15) is 9.18 Å². The molecular weight excluding hydrogens is 247 g/mol. The molecule has 0 aromatic heterocycles. The Kier molecular flexibility index (Phi) is 3.74. The number of rotatable bonds is 3. The summed E-state index contributed by atoms with van der Waals surface area (Å²) in [6.07, 6.45) is 2.11. The molecule has 0 saturated heterocycles. The third-order valence-corrected chi connectivity index (χ3v) is 3.08. The van der Waals surface area contributed by atoms with Gasteiger partial charge in [0.05, 0.1) is 17.9 Å². The van der Waals surface area contributed by atoms with E-state index >= 15 is 0 Å². The van der Waals surface area contributed by atoms with Crippen LogP contribution in [0.4, 0.5) is 15.8 Å². The molecule has 19 heavy (non-hydrogen) atoms. The van der Waals surface area contributed by atoms with Crippen LogP contribution in [0.25, 0.3) is 0 Å². The number of esters is 1. The van der Waals surface area contributed by atoms with Crippen molar-refractivity contribution in [1.82, 2.24) is 0 Å². The molecule has 0 atom stereocenters. The molecule has 0 saturated carbocycles. The maximum atomic E-state index is 13.5. The first-order valence-electron chi connectivity index (χ1n) is 6.29. The number of nitrogens with zero attached hydrogens (tertiary/aromatic N) is 1. The summed E-state index contributed by atoms with van der Waals surface area (Å²) >= 11 is 0. The van der Waals surface area contributed by atoms with Crippen molar-refractivity contribution in [2.45, 2.75) is 20.3 Å². The van der Waals surface area contributed by atoms with Crippen molar-refractivity contribution in [2.24, 2.45) is 0 Å². The summed E-state index contributed by atoms with van der Waals surface area (Å²) in [5, 5.41) is 0. The second kappa shape index (κ2) is 5.30. The Labute approximate surface area is 111 Å². The van der Waals surface area contributed by atoms with E-state index in [1.807, 2.05) is 11.8 Å². The third-order valence-electron chi connectivity index (χ3n) is 3.08. The Morgan fingerprint density at radius 2 is 2.21 bits per heavy atom. The normalized spacial score (nSPS) is 13.8. The zero-order chi connectivity index (χ0) is 14.0. The Morgan fingerprint density at radius 3 is 2.84 bits per heavy atom. The summed E-state index contributed by atoms with van der Waals surface area (Å²) in [4.78, 5) is 13.7. The van der Waals surface area contributed by atoms with Crippen LogP contribution < -0.4 is 10.6 Å². The average Bonchev–Trinajstić information content (AvgIpc) is 2.39. The van der Waals surface area contributed by atoms with Gasteiger partial charge in [0.2, 0.25) is 0 Å². The van der Waals surface area contributed by atoms with Crippen LogP contribution in [0, 0.1) is 5.82 Å². The van der Waals surface area contributed by atoms with E-state index in [4.69, 9.17) is 10.5 Å². The number of benzene rings is 1. The van der Waals surface area contributed by atoms with E-state index in [1.54, 1.807) is 19.2 Å². The van der Waals surface area contributed by atoms with Gasteiger partial charge in [0.1, 0.15) is 5.82 Å². The molecule has 5 heteroatoms. The molecule has 2 N–H and O–H groups in total. The molecule has 1 heterocycles. The fraction of sp³-hybridized carbons (Fsp3) is 0.357. The summed E-state index contributed by atoms with van der Waals surface area (Å²) in [7, 11) is 0. The predicted molar refractivity (Wildman–Crippen MR) is 72.3 cm³/mol. The zero-order valence-electron chi connectivity index (χ0n) is 11.1. The molecule has 0 fully saturated rings. The minimum Gasteiger partial charge on any atom is -0.463 e. The molecule has 0 bridgehead atoms. The predicted octanol–water partition coefficient (Wildman–Crippen LogP) is 2.24. The van der Waals surface area contributed by atoms with Crippen molar-refractivity contribution < 1.29 is 13.9 Å². The van der Waals surface area contributed by atoms with E-state index in [0.717, 1.165) is 11.3 Å². The number of ether oxygens (including phenoxy) is 1. The van der Waals surface area contributed by atoms with Crippen molar-refractivity contribution in [1.29, 1.82) is 0 Å². The second-order valence-electron chi connectivity index (χ2n) is 4.34. The van der Waals surface area contributed by atoms with Gasteiger partial charge >= 0.3 is 5.97 Å². The lowest BCUT2D eigenvalue weighted by Crippen LogP contribution is -2.25. The lowest BCUT2D eigenvalue weighted by Gasteiger charge is -2.28. The number of carbonyl (C=O) groups is 1. The lowest BCUT2D eigenvalue weighted by molar-refractivity contribution is -0.138. The molecule has 0 unspecified atom stereocenters. The summed E-state index contributed by atoms with van der Waals surface area (Å²) in [5.74, 6) is -0.816. The monoisotopic (exact) mass is 264 g/mol. The molecule has 0 radical (unpaired) electrons. The maximum absolute atomic E-state index is 13.5. The quantitative estimate of drug-likeness (QED) is 0.672. The van der Waals surface area contributed by atoms with E-state index < -0.39 is 5.82 Å². The van der Waals surface area contributed by atoms with Crippen molar-refractivity contribution in [3.8, 4) is 0 Å². The number of fused-ring (bicyclic) bond motifs is 1. The average molecular weight is 264 g/mol. The van der Waals surface area contributed by atoms with E-state index in [0.29, 0.717) is 25.1 Å². The molecule has 2 rings (SSSR count). The van der Waals surface area contributed by atoms with Gasteiger partial charge in [-0.1, -0.05) is 0 Å². The van der Waals surface area contributed by atoms with Crippen molar-refractivity contribution in [2.75, 3.05) is 23.8 Å². The van der Waals surface area contributed by atoms with Crippen molar-refractivity contribution >= 4 is 17.3 Å². The molecule has 0 amide bonds. The van der Waals surface area contributed by atoms with Crippen LogP contribution in [0.5, 0.6) is 0 Å². The highest BCUT2D eigenvalue weighted by molar-refractivity contribution is 5.91. The summed E-state index contributed by atoms with van der Waals surface area (Å²) in [6.45, 7) is 4.70. The van der Waals surface area contributed by atoms with Crippen LogP contribution in [0.1, 0.15) is 19.4 Å². The van der Waals surface area contributed by atoms with Gasteiger partial charge in [-0.25, -0.2) is 9.18 Å². The first-order valence-corrected chi connectivity index (χ1v) is 6.29. The minimum atomic E-state index is -0.458. The zero-order valence-corrected chi connectivity index (χ0v) is 11.1. The van der Waals surface area contributed by atoms with Crippen molar-refractivity contribution in [3.05, 3.63) is 35.3 Å². The molecular formula is C14H17FN2O2. The van der Waals surface area contributed by atoms with Gasteiger partial charge in [-0.3, -0.25) is 0 Å². The smallest absolute Gasteiger partial charge is 0.335 e. The van der Waals surface area contributed by atoms with Gasteiger partial charge in [0, 0.05) is 24.9 Å². The molecule has 1 aliphatic rings. The molecule has 0 aliphatic carbocycles. The van der Waals surface area contributed by atoms with Gasteiger partial charge in [-0.15, -0.1) is 0 Å². The van der Waals surface area contributed by atoms with Gasteiger partial charge in [-0.05, 0) is 31.5 Å². The van der Waals surface area contributed by atoms with Crippen LogP contribution >= 0.6 is 0 Å². The molecule has 1 aromatic carbocycles. The van der Waals surface area contributed by atoms with Crippen LogP contribution in [-0.2, 0) is 16.0 Å². The number of nitrogens with two attached hydrogens (primary N) is 1. The second-order valence-corrected chi connectivity index (χ2v) is 4.34. The fourth-order valence-electron chi connectivity index (χ4n) is 2.15. The number of hydrogen-bond acceptors (Lipinski definition) is 4. The first kappa shape index (κ1) is 13.4. The number of carbonyl (C=O) groups excluding carboxylic acids is 1. The standard InChI is InChI=1S/C14H17FN2O2/c1-3-17-8-10(14(18)19-4-2)5-9-6-11(15)12(16)7-13(9)17/h6-8H,3-5,16H2,1-2H3. The van der Waals surface area contributed by atoms with Crippen LogP contribution in [0.2, 0.25) is 0 Å². The van der Waals surface area contributed by atoms with E-state index in [2.05, 4.69) is 0 Å². The fourth-order valence-corrected chi connectivity index (χ4v) is 2.15. The van der Waals surface area contributed by atoms with Crippen molar-refractivity contribution in [3.63, 3.8) is 0 Å². The van der Waals surface area contributed by atoms with E-state index in [1.165, 1.54) is 6.07 Å². The third kappa shape index (κ3) is 2.54. The Morgan fingerprint density at radius 1 is 1.47 bits per heavy atom. The van der Waals surface area contributed by atoms with Crippen LogP contribution in [0.3, 0.4) is 0 Å². The SMILES string of the molecule is CCOC(=O)C1=CN(CC)c2cc(N)c(F)cc2C1. The van der Waals surface area contributed by atoms with Gasteiger partial charge in [0.25, 0.3) is 0 Å². The minimum absolute atomic E-state index is 0.116. The topological polar surface area (TPSA) is 55.6 Å². The van der Waals surface area contributed by atoms with Crippen LogP contribution in [0.15, 0.2) is 23.9 Å². The number of nitrogen functional groups attached to an aromatic ring is 1. The molecule has 102 valence electrons. The van der Waals surface area contributed by atoms with Crippen LogP contribution in [-0.4, -0.2) is 19.1 Å². The highest BCUT2D eigenvalue weighted by Gasteiger charge is 2.23. The summed E-state index contributed by atoms with van der Waals surface area (Å²) < 4.78 is 18.5. The largest absolute Gasteiger partial charge is 0.463 e. The highest BCUT2D eigenvalue weighted by Crippen LogP contribution is 2.32. The molecule has 4 nitrogen and oxygen atoms in total. The first-order chi connectivity index (χ1) is 9.06. The molecule has 1 aromatic rings. The maximum Gasteiger partial charge on any atom is 0.335 e. The number of hydrogen-bond donors (Lipinski definition) is 1. The summed E-state index contributed by atoms with van der Waals surface area (Å²) in [5.41, 5.74) is 7.82. The van der Waals surface area contributed by atoms with Gasteiger partial charge < -0.3 is 15.4 Å². The number of anilines is 2. The highest BCUT2D eigenvalue weighted by atomic mass is 19.1. The Bertz CT molecular complexity index is 540. The Hall–Kier alpha value is -2.04. The summed E-state index contributed by atoms with van der Waals surface area (Å²) in [6, 6.07) is 2.99. The van der Waals surface area contributed by atoms with Gasteiger partial charge in [0.15, 0.2) is 0 Å². The molecule has 1 aliphatic heterocycles.